The van der Waals surface area contributed by atoms with Gasteiger partial charge in [-0.3, -0.25) is 14.2 Å². The van der Waals surface area contributed by atoms with Crippen molar-refractivity contribution in [3.63, 3.8) is 0 Å². The number of ether oxygens (including phenoxy) is 1. The number of nitrogens with zero attached hydrogens (tertiary/aromatic N) is 1. The molecule has 0 aliphatic carbocycles. The van der Waals surface area contributed by atoms with Gasteiger partial charge in [0.15, 0.2) is 0 Å². The number of para-hydroxylation sites is 1. The van der Waals surface area contributed by atoms with Crippen LogP contribution in [0.5, 0.6) is 5.75 Å². The maximum atomic E-state index is 13.4. The van der Waals surface area contributed by atoms with Crippen LogP contribution in [0, 0.1) is 6.92 Å². The van der Waals surface area contributed by atoms with E-state index in [9.17, 15) is 9.59 Å². The number of carbonyl (C=O) groups is 1. The van der Waals surface area contributed by atoms with Gasteiger partial charge in [-0.05, 0) is 48.2 Å². The van der Waals surface area contributed by atoms with Crippen molar-refractivity contribution in [1.29, 1.82) is 0 Å². The fourth-order valence-electron chi connectivity index (χ4n) is 3.68. The van der Waals surface area contributed by atoms with Crippen molar-refractivity contribution in [3.05, 3.63) is 106 Å². The topological polar surface area (TPSA) is 72.4 Å². The van der Waals surface area contributed by atoms with E-state index in [1.165, 1.54) is 4.57 Å². The molecule has 0 unspecified atom stereocenters. The van der Waals surface area contributed by atoms with Crippen molar-refractivity contribution in [1.82, 2.24) is 9.88 Å². The Bertz CT molecular complexity index is 1310. The molecule has 4 aromatic rings. The van der Waals surface area contributed by atoms with Gasteiger partial charge in [-0.25, -0.2) is 0 Å². The average Bonchev–Trinajstić information content (AvgIpc) is 2.84. The van der Waals surface area contributed by atoms with Crippen LogP contribution in [0.25, 0.3) is 10.9 Å². The minimum Gasteiger partial charge on any atom is -0.497 e. The minimum atomic E-state index is -0.227. The first kappa shape index (κ1) is 22.1. The summed E-state index contributed by atoms with van der Waals surface area (Å²) in [5.74, 6) is 0.404. The lowest BCUT2D eigenvalue weighted by atomic mass is 10.1. The molecule has 3 aromatic carbocycles. The molecule has 0 saturated carbocycles. The summed E-state index contributed by atoms with van der Waals surface area (Å²) in [7, 11) is 1.58. The fraction of sp³-hybridized carbons (Fsp3) is 0.185. The van der Waals surface area contributed by atoms with E-state index in [-0.39, 0.29) is 18.0 Å². The highest BCUT2D eigenvalue weighted by Gasteiger charge is 2.13. The lowest BCUT2D eigenvalue weighted by Crippen LogP contribution is -2.33. The highest BCUT2D eigenvalue weighted by molar-refractivity contribution is 5.84. The first-order valence-corrected chi connectivity index (χ1v) is 10.8. The summed E-state index contributed by atoms with van der Waals surface area (Å²) in [5.41, 5.74) is 4.14. The van der Waals surface area contributed by atoms with Gasteiger partial charge in [-0.15, -0.1) is 0 Å². The summed E-state index contributed by atoms with van der Waals surface area (Å²) in [4.78, 5) is 26.1. The molecule has 6 nitrogen and oxygen atoms in total. The van der Waals surface area contributed by atoms with Crippen LogP contribution in [-0.2, 0) is 24.4 Å². The van der Waals surface area contributed by atoms with E-state index < -0.39 is 0 Å². The van der Waals surface area contributed by atoms with Crippen molar-refractivity contribution < 1.29 is 9.53 Å². The Morgan fingerprint density at radius 3 is 2.42 bits per heavy atom. The molecule has 1 amide bonds. The molecule has 0 radical (unpaired) electrons. The van der Waals surface area contributed by atoms with Crippen LogP contribution in [-0.4, -0.2) is 17.6 Å². The van der Waals surface area contributed by atoms with E-state index in [1.807, 2.05) is 79.7 Å². The van der Waals surface area contributed by atoms with Crippen LogP contribution in [0.1, 0.15) is 16.7 Å². The lowest BCUT2D eigenvalue weighted by molar-refractivity contribution is -0.121. The molecule has 1 heterocycles. The summed E-state index contributed by atoms with van der Waals surface area (Å²) in [6.07, 6.45) is 0. The Hall–Kier alpha value is -4.06. The third-order valence-corrected chi connectivity index (χ3v) is 5.55. The summed E-state index contributed by atoms with van der Waals surface area (Å²) >= 11 is 0. The van der Waals surface area contributed by atoms with Crippen molar-refractivity contribution in [3.8, 4) is 5.75 Å². The summed E-state index contributed by atoms with van der Waals surface area (Å²) in [5, 5.41) is 7.07. The molecule has 2 N–H and O–H groups in total. The molecular formula is C27H27N3O3. The summed E-state index contributed by atoms with van der Waals surface area (Å²) < 4.78 is 6.86. The molecule has 0 fully saturated rings. The van der Waals surface area contributed by atoms with Crippen LogP contribution < -0.4 is 20.9 Å². The maximum absolute atomic E-state index is 13.4. The van der Waals surface area contributed by atoms with Crippen LogP contribution in [0.2, 0.25) is 0 Å². The fourth-order valence-corrected chi connectivity index (χ4v) is 3.68. The van der Waals surface area contributed by atoms with Gasteiger partial charge >= 0.3 is 0 Å². The van der Waals surface area contributed by atoms with Gasteiger partial charge < -0.3 is 15.4 Å². The lowest BCUT2D eigenvalue weighted by Gasteiger charge is -2.15. The molecule has 0 atom stereocenters. The number of carbonyl (C=O) groups excluding carboxylic acids is 1. The second kappa shape index (κ2) is 10.0. The predicted molar refractivity (Wildman–Crippen MR) is 132 cm³/mol. The number of hydrogen-bond donors (Lipinski definition) is 2. The van der Waals surface area contributed by atoms with E-state index >= 15 is 0 Å². The first-order chi connectivity index (χ1) is 16.0. The van der Waals surface area contributed by atoms with E-state index in [0.29, 0.717) is 29.9 Å². The van der Waals surface area contributed by atoms with E-state index in [1.54, 1.807) is 13.2 Å². The number of rotatable bonds is 8. The number of fused-ring (bicyclic) bond motifs is 1. The molecule has 168 valence electrons. The van der Waals surface area contributed by atoms with Gasteiger partial charge in [0.1, 0.15) is 12.3 Å². The van der Waals surface area contributed by atoms with Gasteiger partial charge in [0.05, 0.1) is 12.6 Å². The second-order valence-corrected chi connectivity index (χ2v) is 7.97. The van der Waals surface area contributed by atoms with Crippen LogP contribution in [0.4, 0.5) is 5.69 Å². The number of benzene rings is 3. The van der Waals surface area contributed by atoms with E-state index in [0.717, 1.165) is 22.2 Å². The zero-order chi connectivity index (χ0) is 23.2. The third-order valence-electron chi connectivity index (χ3n) is 5.55. The number of nitrogens with one attached hydrogen (secondary N) is 2. The molecule has 0 aliphatic rings. The Morgan fingerprint density at radius 2 is 1.70 bits per heavy atom. The molecule has 1 aromatic heterocycles. The third kappa shape index (κ3) is 5.41. The highest BCUT2D eigenvalue weighted by atomic mass is 16.5. The van der Waals surface area contributed by atoms with Crippen molar-refractivity contribution in [2.24, 2.45) is 0 Å². The van der Waals surface area contributed by atoms with E-state index in [4.69, 9.17) is 4.74 Å². The SMILES string of the molecule is COc1ccc2cc(CNc3ccccc3)c(=O)n(CC(=O)NCc3ccc(C)cc3)c2c1. The van der Waals surface area contributed by atoms with Gasteiger partial charge in [0, 0.05) is 30.4 Å². The van der Waals surface area contributed by atoms with Gasteiger partial charge in [-0.1, -0.05) is 48.0 Å². The summed E-state index contributed by atoms with van der Waals surface area (Å²) in [6, 6.07) is 25.1. The predicted octanol–water partition coefficient (Wildman–Crippen LogP) is 4.25. The van der Waals surface area contributed by atoms with Crippen molar-refractivity contribution >= 4 is 22.5 Å². The van der Waals surface area contributed by atoms with Gasteiger partial charge in [0.25, 0.3) is 5.56 Å². The maximum Gasteiger partial charge on any atom is 0.256 e. The monoisotopic (exact) mass is 441 g/mol. The molecule has 0 spiro atoms. The number of amides is 1. The average molecular weight is 442 g/mol. The highest BCUT2D eigenvalue weighted by Crippen LogP contribution is 2.21. The standard InChI is InChI=1S/C27H27N3O3/c1-19-8-10-20(11-9-19)16-29-26(31)18-30-25-15-24(33-2)13-12-21(25)14-22(27(30)32)17-28-23-6-4-3-5-7-23/h3-15,28H,16-18H2,1-2H3,(H,29,31). The minimum absolute atomic E-state index is 0.0759. The summed E-state index contributed by atoms with van der Waals surface area (Å²) in [6.45, 7) is 2.71. The van der Waals surface area contributed by atoms with E-state index in [2.05, 4.69) is 10.6 Å². The molecule has 0 saturated heterocycles. The van der Waals surface area contributed by atoms with Crippen LogP contribution >= 0.6 is 0 Å². The second-order valence-electron chi connectivity index (χ2n) is 7.97. The number of hydrogen-bond acceptors (Lipinski definition) is 4. The quantitative estimate of drug-likeness (QED) is 0.429. The molecule has 4 rings (SSSR count). The Labute approximate surface area is 192 Å². The smallest absolute Gasteiger partial charge is 0.256 e. The molecular weight excluding hydrogens is 414 g/mol. The van der Waals surface area contributed by atoms with Crippen molar-refractivity contribution in [2.45, 2.75) is 26.6 Å². The Morgan fingerprint density at radius 1 is 0.939 bits per heavy atom. The molecule has 0 aliphatic heterocycles. The van der Waals surface area contributed by atoms with Gasteiger partial charge in [0.2, 0.25) is 5.91 Å². The van der Waals surface area contributed by atoms with Crippen LogP contribution in [0.3, 0.4) is 0 Å². The number of pyridine rings is 1. The number of methoxy groups -OCH3 is 1. The number of aromatic nitrogens is 1. The van der Waals surface area contributed by atoms with Gasteiger partial charge in [-0.2, -0.15) is 0 Å². The normalized spacial score (nSPS) is 10.7. The molecule has 6 heteroatoms. The molecule has 33 heavy (non-hydrogen) atoms. The number of anilines is 1. The largest absolute Gasteiger partial charge is 0.497 e. The van der Waals surface area contributed by atoms with Crippen molar-refractivity contribution in [2.75, 3.05) is 12.4 Å². The Kier molecular flexibility index (Phi) is 6.74. The van der Waals surface area contributed by atoms with Crippen LogP contribution in [0.15, 0.2) is 83.7 Å². The molecule has 0 bridgehead atoms. The first-order valence-electron chi connectivity index (χ1n) is 10.8. The zero-order valence-electron chi connectivity index (χ0n) is 18.8. The number of aryl methyl sites for hydroxylation is 1. The zero-order valence-corrected chi connectivity index (χ0v) is 18.8. The Balaban J connectivity index is 1.60.